The summed E-state index contributed by atoms with van der Waals surface area (Å²) in [6.07, 6.45) is 0.850. The Morgan fingerprint density at radius 3 is 3.04 bits per heavy atom. The summed E-state index contributed by atoms with van der Waals surface area (Å²) in [6.45, 7) is 2.53. The van der Waals surface area contributed by atoms with Gasteiger partial charge >= 0.3 is 0 Å². The predicted octanol–water partition coefficient (Wildman–Crippen LogP) is 4.26. The molecule has 3 aromatic rings. The summed E-state index contributed by atoms with van der Waals surface area (Å²) >= 11 is 2.86. The van der Waals surface area contributed by atoms with Gasteiger partial charge in [-0.25, -0.2) is 4.98 Å². The number of thioether (sulfide) groups is 1. The van der Waals surface area contributed by atoms with Crippen LogP contribution in [0.2, 0.25) is 0 Å². The molecule has 0 radical (unpaired) electrons. The van der Waals surface area contributed by atoms with E-state index in [0.717, 1.165) is 26.5 Å². The number of hydrogen-bond acceptors (Lipinski definition) is 6. The standard InChI is InChI=1S/C20H17N3O3S2/c1-2-26-12-7-8-13-16(11-12)27-19(21-13)22-18(25)20-10-9-17(24)23(20)14-5-3-4-6-15(14)28-20/h3-8,11H,2,9-10H2,1H3,(H,21,22,25)/t20-/m1/s1. The molecular weight excluding hydrogens is 394 g/mol. The molecule has 0 spiro atoms. The van der Waals surface area contributed by atoms with E-state index >= 15 is 0 Å². The second-order valence-corrected chi connectivity index (χ2v) is 8.97. The highest BCUT2D eigenvalue weighted by atomic mass is 32.2. The Bertz CT molecular complexity index is 1110. The van der Waals surface area contributed by atoms with Gasteiger partial charge in [0.2, 0.25) is 5.91 Å². The van der Waals surface area contributed by atoms with Crippen molar-refractivity contribution < 1.29 is 14.3 Å². The predicted molar refractivity (Wildman–Crippen MR) is 111 cm³/mol. The van der Waals surface area contributed by atoms with Gasteiger partial charge in [0.25, 0.3) is 5.91 Å². The van der Waals surface area contributed by atoms with Crippen LogP contribution in [0.5, 0.6) is 5.75 Å². The molecule has 0 saturated carbocycles. The molecule has 28 heavy (non-hydrogen) atoms. The SMILES string of the molecule is CCOc1ccc2nc(NC(=O)[C@]34CCC(=O)N3c3ccccc3S4)sc2c1. The van der Waals surface area contributed by atoms with Crippen LogP contribution >= 0.6 is 23.1 Å². The van der Waals surface area contributed by atoms with Gasteiger partial charge in [0, 0.05) is 11.3 Å². The molecule has 1 aromatic heterocycles. The van der Waals surface area contributed by atoms with E-state index < -0.39 is 4.87 Å². The number of benzene rings is 2. The lowest BCUT2D eigenvalue weighted by molar-refractivity contribution is -0.121. The molecule has 1 N–H and O–H groups in total. The number of nitrogens with one attached hydrogen (secondary N) is 1. The van der Waals surface area contributed by atoms with Crippen molar-refractivity contribution in [3.05, 3.63) is 42.5 Å². The number of thiazole rings is 1. The zero-order valence-corrected chi connectivity index (χ0v) is 16.7. The van der Waals surface area contributed by atoms with Gasteiger partial charge in [0.15, 0.2) is 10.0 Å². The van der Waals surface area contributed by atoms with Gasteiger partial charge in [-0.15, -0.1) is 0 Å². The van der Waals surface area contributed by atoms with Crippen LogP contribution in [0, 0.1) is 0 Å². The van der Waals surface area contributed by atoms with E-state index in [1.165, 1.54) is 23.1 Å². The van der Waals surface area contributed by atoms with Gasteiger partial charge in [-0.1, -0.05) is 35.2 Å². The molecule has 142 valence electrons. The maximum atomic E-state index is 13.3. The van der Waals surface area contributed by atoms with Crippen molar-refractivity contribution in [3.8, 4) is 5.75 Å². The molecule has 5 rings (SSSR count). The minimum atomic E-state index is -0.935. The van der Waals surface area contributed by atoms with Gasteiger partial charge in [-0.2, -0.15) is 0 Å². The number of fused-ring (bicyclic) bond motifs is 4. The number of nitrogens with zero attached hydrogens (tertiary/aromatic N) is 2. The first-order valence-corrected chi connectivity index (χ1v) is 10.7. The van der Waals surface area contributed by atoms with E-state index in [1.807, 2.05) is 49.4 Å². The molecule has 2 aromatic carbocycles. The Labute approximate surface area is 169 Å². The summed E-state index contributed by atoms with van der Waals surface area (Å²) in [5.41, 5.74) is 1.62. The highest BCUT2D eigenvalue weighted by Gasteiger charge is 2.57. The largest absolute Gasteiger partial charge is 0.494 e. The summed E-state index contributed by atoms with van der Waals surface area (Å²) in [7, 11) is 0. The van der Waals surface area contributed by atoms with Crippen molar-refractivity contribution >= 4 is 55.9 Å². The third-order valence-corrected chi connectivity index (χ3v) is 7.33. The number of amides is 2. The molecule has 0 aliphatic carbocycles. The minimum absolute atomic E-state index is 0.0155. The van der Waals surface area contributed by atoms with Crippen LogP contribution < -0.4 is 15.0 Å². The maximum absolute atomic E-state index is 13.3. The summed E-state index contributed by atoms with van der Waals surface area (Å²) in [5, 5.41) is 3.48. The number of aromatic nitrogens is 1. The molecule has 0 bridgehead atoms. The van der Waals surface area contributed by atoms with Crippen molar-refractivity contribution in [1.29, 1.82) is 0 Å². The second kappa shape index (κ2) is 6.49. The molecule has 1 fully saturated rings. The van der Waals surface area contributed by atoms with Crippen molar-refractivity contribution in [2.24, 2.45) is 0 Å². The van der Waals surface area contributed by atoms with E-state index in [1.54, 1.807) is 4.90 Å². The third kappa shape index (κ3) is 2.59. The smallest absolute Gasteiger partial charge is 0.263 e. The lowest BCUT2D eigenvalue weighted by Crippen LogP contribution is -2.49. The fourth-order valence-corrected chi connectivity index (χ4v) is 6.01. The molecule has 6 nitrogen and oxygen atoms in total. The highest BCUT2D eigenvalue weighted by molar-refractivity contribution is 8.02. The first-order chi connectivity index (χ1) is 13.6. The fraction of sp³-hybridized carbons (Fsp3) is 0.250. The molecule has 1 atom stereocenters. The second-order valence-electron chi connectivity index (χ2n) is 6.62. The van der Waals surface area contributed by atoms with Crippen LogP contribution in [-0.2, 0) is 9.59 Å². The number of hydrogen-bond donors (Lipinski definition) is 1. The summed E-state index contributed by atoms with van der Waals surface area (Å²) in [6, 6.07) is 13.3. The molecule has 2 aliphatic rings. The molecule has 2 amide bonds. The zero-order valence-electron chi connectivity index (χ0n) is 15.1. The highest BCUT2D eigenvalue weighted by Crippen LogP contribution is 2.56. The monoisotopic (exact) mass is 411 g/mol. The number of carbonyl (C=O) groups excluding carboxylic acids is 2. The zero-order chi connectivity index (χ0) is 19.3. The van der Waals surface area contributed by atoms with Crippen LogP contribution in [0.4, 0.5) is 10.8 Å². The average molecular weight is 412 g/mol. The Hall–Kier alpha value is -2.58. The molecule has 8 heteroatoms. The van der Waals surface area contributed by atoms with Gasteiger partial charge in [0.05, 0.1) is 22.5 Å². The van der Waals surface area contributed by atoms with Gasteiger partial charge < -0.3 is 4.74 Å². The van der Waals surface area contributed by atoms with Gasteiger partial charge in [-0.05, 0) is 43.7 Å². The first-order valence-electron chi connectivity index (χ1n) is 9.07. The number of para-hydroxylation sites is 1. The van der Waals surface area contributed by atoms with Crippen molar-refractivity contribution in [3.63, 3.8) is 0 Å². The van der Waals surface area contributed by atoms with Crippen LogP contribution in [0.15, 0.2) is 47.4 Å². The van der Waals surface area contributed by atoms with E-state index in [2.05, 4.69) is 10.3 Å². The van der Waals surface area contributed by atoms with Crippen LogP contribution in [0.1, 0.15) is 19.8 Å². The van der Waals surface area contributed by atoms with Crippen molar-refractivity contribution in [2.45, 2.75) is 29.5 Å². The van der Waals surface area contributed by atoms with E-state index in [4.69, 9.17) is 4.74 Å². The van der Waals surface area contributed by atoms with E-state index in [-0.39, 0.29) is 11.8 Å². The van der Waals surface area contributed by atoms with Crippen LogP contribution in [-0.4, -0.2) is 28.3 Å². The fourth-order valence-electron chi connectivity index (χ4n) is 3.71. The molecule has 0 unspecified atom stereocenters. The third-order valence-electron chi connectivity index (χ3n) is 4.92. The number of anilines is 2. The molecular formula is C20H17N3O3S2. The topological polar surface area (TPSA) is 71.5 Å². The summed E-state index contributed by atoms with van der Waals surface area (Å²) < 4.78 is 6.48. The quantitative estimate of drug-likeness (QED) is 0.694. The Morgan fingerprint density at radius 2 is 2.18 bits per heavy atom. The number of ether oxygens (including phenoxy) is 1. The van der Waals surface area contributed by atoms with Crippen molar-refractivity contribution in [2.75, 3.05) is 16.8 Å². The lowest BCUT2D eigenvalue weighted by atomic mass is 10.2. The van der Waals surface area contributed by atoms with Crippen LogP contribution in [0.25, 0.3) is 10.2 Å². The Balaban J connectivity index is 1.45. The normalized spacial score (nSPS) is 20.3. The number of rotatable bonds is 4. The number of carbonyl (C=O) groups is 2. The molecule has 2 aliphatic heterocycles. The Morgan fingerprint density at radius 1 is 1.32 bits per heavy atom. The van der Waals surface area contributed by atoms with E-state index in [0.29, 0.717) is 24.6 Å². The molecule has 3 heterocycles. The van der Waals surface area contributed by atoms with Crippen LogP contribution in [0.3, 0.4) is 0 Å². The minimum Gasteiger partial charge on any atom is -0.494 e. The van der Waals surface area contributed by atoms with E-state index in [9.17, 15) is 9.59 Å². The van der Waals surface area contributed by atoms with Gasteiger partial charge in [0.1, 0.15) is 5.75 Å². The molecule has 1 saturated heterocycles. The van der Waals surface area contributed by atoms with Gasteiger partial charge in [-0.3, -0.25) is 19.8 Å². The lowest BCUT2D eigenvalue weighted by Gasteiger charge is -2.29. The first kappa shape index (κ1) is 17.5. The average Bonchev–Trinajstić information content (AvgIpc) is 3.33. The Kier molecular flexibility index (Phi) is 4.06. The maximum Gasteiger partial charge on any atom is 0.263 e. The van der Waals surface area contributed by atoms with Crippen molar-refractivity contribution in [1.82, 2.24) is 4.98 Å². The summed E-state index contributed by atoms with van der Waals surface area (Å²) in [5.74, 6) is 0.561. The summed E-state index contributed by atoms with van der Waals surface area (Å²) in [4.78, 5) is 32.0.